The lowest BCUT2D eigenvalue weighted by molar-refractivity contribution is -0.141. The van der Waals surface area contributed by atoms with Crippen molar-refractivity contribution in [1.82, 2.24) is 4.57 Å². The van der Waals surface area contributed by atoms with Crippen LogP contribution >= 0.6 is 0 Å². The number of nitrogens with one attached hydrogen (secondary N) is 1. The number of hydrogen-bond donors (Lipinski definition) is 2. The monoisotopic (exact) mass is 347 g/mol. The van der Waals surface area contributed by atoms with Crippen LogP contribution in [0.25, 0.3) is 5.69 Å². The van der Waals surface area contributed by atoms with Crippen LogP contribution in [-0.2, 0) is 6.18 Å². The molecule has 2 heterocycles. The molecular weight excluding hydrogens is 340 g/mol. The maximum Gasteiger partial charge on any atom is 0.418 e. The predicted molar refractivity (Wildman–Crippen MR) is 69.0 cm³/mol. The van der Waals surface area contributed by atoms with E-state index in [1.54, 1.807) is 0 Å². The first-order valence-corrected chi connectivity index (χ1v) is 6.43. The van der Waals surface area contributed by atoms with Crippen LogP contribution in [0.15, 0.2) is 24.4 Å². The molecule has 1 aliphatic heterocycles. The fourth-order valence-electron chi connectivity index (χ4n) is 2.51. The Labute approximate surface area is 130 Å². The summed E-state index contributed by atoms with van der Waals surface area (Å²) < 4.78 is 80.5. The van der Waals surface area contributed by atoms with Crippen molar-refractivity contribution in [3.63, 3.8) is 0 Å². The molecule has 3 rings (SSSR count). The van der Waals surface area contributed by atoms with Gasteiger partial charge in [0.2, 0.25) is 0 Å². The van der Waals surface area contributed by atoms with Gasteiger partial charge >= 0.3 is 12.2 Å². The molecule has 2 aromatic rings. The number of nitrogens with zero attached hydrogens (tertiary/aromatic N) is 2. The largest absolute Gasteiger partial charge is 0.418 e. The zero-order valence-corrected chi connectivity index (χ0v) is 11.5. The summed E-state index contributed by atoms with van der Waals surface area (Å²) in [5.74, 6) is -1.57. The summed E-state index contributed by atoms with van der Waals surface area (Å²) in [4.78, 5) is 0. The minimum Gasteiger partial charge on any atom is -0.380 e. The fraction of sp³-hybridized carbons (Fsp3) is 0.214. The van der Waals surface area contributed by atoms with Gasteiger partial charge in [-0.1, -0.05) is 0 Å². The van der Waals surface area contributed by atoms with Crippen LogP contribution in [0.3, 0.4) is 0 Å². The Morgan fingerprint density at radius 3 is 2.54 bits per heavy atom. The molecule has 0 fully saturated rings. The Morgan fingerprint density at radius 2 is 1.96 bits per heavy atom. The van der Waals surface area contributed by atoms with E-state index in [4.69, 9.17) is 5.26 Å². The normalized spacial score (nSPS) is 18.8. The van der Waals surface area contributed by atoms with Gasteiger partial charge in [-0.15, -0.1) is 0 Å². The molecule has 0 spiro atoms. The number of aromatic nitrogens is 1. The fourth-order valence-corrected chi connectivity index (χ4v) is 2.51. The number of fused-ring (bicyclic) bond motifs is 1. The van der Waals surface area contributed by atoms with Gasteiger partial charge < -0.3 is 15.0 Å². The summed E-state index contributed by atoms with van der Waals surface area (Å²) in [5, 5.41) is 19.8. The maximum atomic E-state index is 13.6. The van der Waals surface area contributed by atoms with Crippen molar-refractivity contribution >= 4 is 5.82 Å². The Bertz CT molecular complexity index is 865. The van der Waals surface area contributed by atoms with Crippen LogP contribution in [0, 0.1) is 17.1 Å². The Hall–Kier alpha value is -2.67. The van der Waals surface area contributed by atoms with Gasteiger partial charge in [0.1, 0.15) is 17.7 Å². The van der Waals surface area contributed by atoms with E-state index in [-0.39, 0.29) is 5.69 Å². The highest BCUT2D eigenvalue weighted by Crippen LogP contribution is 2.50. The van der Waals surface area contributed by atoms with Gasteiger partial charge in [0, 0.05) is 17.4 Å². The van der Waals surface area contributed by atoms with E-state index in [1.807, 2.05) is 0 Å². The highest BCUT2D eigenvalue weighted by molar-refractivity contribution is 5.64. The molecule has 0 radical (unpaired) electrons. The minimum atomic E-state index is -4.99. The number of rotatable bonds is 1. The van der Waals surface area contributed by atoms with Crippen LogP contribution in [0.4, 0.5) is 32.2 Å². The zero-order valence-electron chi connectivity index (χ0n) is 11.5. The summed E-state index contributed by atoms with van der Waals surface area (Å²) in [7, 11) is 0. The molecule has 0 saturated heterocycles. The third-order valence-electron chi connectivity index (χ3n) is 3.60. The lowest BCUT2D eigenvalue weighted by Gasteiger charge is -2.17. The van der Waals surface area contributed by atoms with Crippen LogP contribution in [0.5, 0.6) is 0 Å². The smallest absolute Gasteiger partial charge is 0.380 e. The van der Waals surface area contributed by atoms with Crippen LogP contribution in [-0.4, -0.2) is 15.7 Å². The van der Waals surface area contributed by atoms with Gasteiger partial charge in [0.15, 0.2) is 6.10 Å². The summed E-state index contributed by atoms with van der Waals surface area (Å²) >= 11 is 0. The third kappa shape index (κ3) is 2.28. The topological polar surface area (TPSA) is 61.0 Å². The van der Waals surface area contributed by atoms with Gasteiger partial charge in [-0.2, -0.15) is 27.2 Å². The van der Waals surface area contributed by atoms with E-state index in [1.165, 1.54) is 11.4 Å². The second-order valence-electron chi connectivity index (χ2n) is 5.10. The molecule has 0 saturated carbocycles. The molecule has 0 aliphatic carbocycles. The number of hydrogen-bond acceptors (Lipinski definition) is 3. The molecule has 4 nitrogen and oxygen atoms in total. The molecule has 1 aromatic heterocycles. The minimum absolute atomic E-state index is 0.142. The van der Waals surface area contributed by atoms with Crippen molar-refractivity contribution in [2.75, 3.05) is 5.32 Å². The van der Waals surface area contributed by atoms with Crippen molar-refractivity contribution in [1.29, 1.82) is 5.26 Å². The quantitative estimate of drug-likeness (QED) is 0.613. The highest BCUT2D eigenvalue weighted by atomic mass is 19.4. The molecule has 24 heavy (non-hydrogen) atoms. The first-order valence-electron chi connectivity index (χ1n) is 6.43. The summed E-state index contributed by atoms with van der Waals surface area (Å²) in [6.45, 7) is 0. The number of aliphatic hydroxyl groups excluding tert-OH is 1. The first-order chi connectivity index (χ1) is 11.1. The van der Waals surface area contributed by atoms with Crippen molar-refractivity contribution in [2.45, 2.75) is 18.3 Å². The van der Waals surface area contributed by atoms with Crippen molar-refractivity contribution in [3.8, 4) is 11.8 Å². The lowest BCUT2D eigenvalue weighted by Crippen LogP contribution is -2.30. The van der Waals surface area contributed by atoms with E-state index >= 15 is 0 Å². The van der Waals surface area contributed by atoms with E-state index < -0.39 is 46.7 Å². The zero-order chi connectivity index (χ0) is 17.9. The average molecular weight is 347 g/mol. The molecule has 10 heteroatoms. The van der Waals surface area contributed by atoms with Crippen molar-refractivity contribution in [2.24, 2.45) is 0 Å². The summed E-state index contributed by atoms with van der Waals surface area (Å²) in [6.07, 6.45) is -7.18. The average Bonchev–Trinajstić information content (AvgIpc) is 2.95. The van der Waals surface area contributed by atoms with E-state index in [9.17, 15) is 31.4 Å². The number of nitriles is 1. The van der Waals surface area contributed by atoms with Crippen LogP contribution in [0.2, 0.25) is 0 Å². The molecule has 0 unspecified atom stereocenters. The number of benzene rings is 1. The second kappa shape index (κ2) is 4.91. The standard InChI is InChI=1S/C14H7F6N3O/c15-9-2-1-7(3-6(9)4-21)23-5-8(13(16,17)18)10-11(24)14(19,20)22-12(10)23/h1-3,5,11,22,24H/t11-/m0/s1. The van der Waals surface area contributed by atoms with Crippen LogP contribution in [0.1, 0.15) is 22.8 Å². The van der Waals surface area contributed by atoms with Gasteiger partial charge in [0.25, 0.3) is 0 Å². The van der Waals surface area contributed by atoms with Crippen molar-refractivity contribution in [3.05, 3.63) is 46.9 Å². The first kappa shape index (κ1) is 16.2. The van der Waals surface area contributed by atoms with Gasteiger partial charge in [-0.3, -0.25) is 0 Å². The lowest BCUT2D eigenvalue weighted by atomic mass is 10.1. The van der Waals surface area contributed by atoms with Gasteiger partial charge in [-0.25, -0.2) is 4.39 Å². The number of halogens is 6. The molecule has 0 amide bonds. The van der Waals surface area contributed by atoms with Gasteiger partial charge in [0.05, 0.1) is 11.1 Å². The molecule has 2 N–H and O–H groups in total. The predicted octanol–water partition coefficient (Wildman–Crippen LogP) is 3.56. The third-order valence-corrected chi connectivity index (χ3v) is 3.60. The molecule has 126 valence electrons. The molecular formula is C14H7F6N3O. The van der Waals surface area contributed by atoms with E-state index in [2.05, 4.69) is 0 Å². The van der Waals surface area contributed by atoms with Crippen molar-refractivity contribution < 1.29 is 31.4 Å². The Kier molecular flexibility index (Phi) is 3.31. The van der Waals surface area contributed by atoms with E-state index in [0.717, 1.165) is 18.2 Å². The maximum absolute atomic E-state index is 13.6. The Morgan fingerprint density at radius 1 is 1.29 bits per heavy atom. The Balaban J connectivity index is 2.26. The van der Waals surface area contributed by atoms with Gasteiger partial charge in [-0.05, 0) is 18.2 Å². The highest BCUT2D eigenvalue weighted by Gasteiger charge is 2.53. The second-order valence-corrected chi connectivity index (χ2v) is 5.10. The number of alkyl halides is 5. The SMILES string of the molecule is N#Cc1cc(-n2cc(C(F)(F)F)c3c2NC(F)(F)[C@H]3O)ccc1F. The van der Waals surface area contributed by atoms with Crippen LogP contribution < -0.4 is 5.32 Å². The summed E-state index contributed by atoms with van der Waals surface area (Å²) in [6, 6.07) is 0.289. The molecule has 1 atom stereocenters. The number of aliphatic hydroxyl groups is 1. The molecule has 1 aromatic carbocycles. The molecule has 0 bridgehead atoms. The van der Waals surface area contributed by atoms with E-state index in [0.29, 0.717) is 10.8 Å². The molecule has 1 aliphatic rings. The number of anilines is 1. The summed E-state index contributed by atoms with van der Waals surface area (Å²) in [5.41, 5.74) is -3.06.